The lowest BCUT2D eigenvalue weighted by molar-refractivity contribution is -0.112. The molecule has 0 bridgehead atoms. The van der Waals surface area contributed by atoms with Gasteiger partial charge in [0.15, 0.2) is 0 Å². The highest BCUT2D eigenvalue weighted by Crippen LogP contribution is 2.21. The molecule has 0 spiro atoms. The SMILES string of the molecule is Cc1ccc(NC(=O)C2=CCC(O)C=C2)c(C2=NCCCN2)c1. The summed E-state index contributed by atoms with van der Waals surface area (Å²) >= 11 is 0. The van der Waals surface area contributed by atoms with E-state index in [2.05, 4.69) is 15.6 Å². The molecule has 5 heteroatoms. The standard InChI is InChI=1S/C18H21N3O2/c1-12-3-8-16(15(11-12)17-19-9-2-10-20-17)21-18(23)13-4-6-14(22)7-5-13/h3-6,8,11,14,22H,2,7,9-10H2,1H3,(H,19,20)(H,21,23). The van der Waals surface area contributed by atoms with Crippen molar-refractivity contribution in [2.45, 2.75) is 25.9 Å². The number of hydrogen-bond donors (Lipinski definition) is 3. The fraction of sp³-hybridized carbons (Fsp3) is 0.333. The number of nitrogens with one attached hydrogen (secondary N) is 2. The van der Waals surface area contributed by atoms with Crippen LogP contribution in [0.15, 0.2) is 47.0 Å². The van der Waals surface area contributed by atoms with Gasteiger partial charge in [-0.15, -0.1) is 0 Å². The summed E-state index contributed by atoms with van der Waals surface area (Å²) in [6.07, 6.45) is 6.04. The van der Waals surface area contributed by atoms with E-state index in [4.69, 9.17) is 0 Å². The zero-order valence-electron chi connectivity index (χ0n) is 13.2. The molecular weight excluding hydrogens is 290 g/mol. The van der Waals surface area contributed by atoms with Crippen LogP contribution in [0, 0.1) is 6.92 Å². The molecule has 1 aliphatic heterocycles. The minimum atomic E-state index is -0.498. The van der Waals surface area contributed by atoms with Gasteiger partial charge in [0.2, 0.25) is 0 Å². The summed E-state index contributed by atoms with van der Waals surface area (Å²) in [5.74, 6) is 0.661. The first-order valence-corrected chi connectivity index (χ1v) is 7.90. The third-order valence-electron chi connectivity index (χ3n) is 3.92. The monoisotopic (exact) mass is 311 g/mol. The highest BCUT2D eigenvalue weighted by Gasteiger charge is 2.16. The molecule has 2 aliphatic rings. The zero-order chi connectivity index (χ0) is 16.2. The first kappa shape index (κ1) is 15.5. The molecule has 1 heterocycles. The quantitative estimate of drug-likeness (QED) is 0.798. The molecule has 120 valence electrons. The van der Waals surface area contributed by atoms with Crippen LogP contribution in [0.2, 0.25) is 0 Å². The fourth-order valence-corrected chi connectivity index (χ4v) is 2.65. The summed E-state index contributed by atoms with van der Waals surface area (Å²) in [4.78, 5) is 16.9. The maximum Gasteiger partial charge on any atom is 0.255 e. The van der Waals surface area contributed by atoms with Gasteiger partial charge in [-0.2, -0.15) is 0 Å². The molecule has 1 aromatic rings. The molecule has 1 atom stereocenters. The van der Waals surface area contributed by atoms with E-state index in [1.165, 1.54) is 0 Å². The number of anilines is 1. The van der Waals surface area contributed by atoms with Crippen LogP contribution in [0.3, 0.4) is 0 Å². The molecule has 0 saturated heterocycles. The Hall–Kier alpha value is -2.40. The van der Waals surface area contributed by atoms with Crippen molar-refractivity contribution in [1.29, 1.82) is 0 Å². The predicted octanol–water partition coefficient (Wildman–Crippen LogP) is 1.92. The summed E-state index contributed by atoms with van der Waals surface area (Å²) in [5, 5.41) is 15.7. The number of aliphatic hydroxyl groups is 1. The van der Waals surface area contributed by atoms with Gasteiger partial charge in [-0.1, -0.05) is 29.9 Å². The Kier molecular flexibility index (Phi) is 4.57. The van der Waals surface area contributed by atoms with Gasteiger partial charge in [0.05, 0.1) is 11.8 Å². The number of benzene rings is 1. The summed E-state index contributed by atoms with van der Waals surface area (Å²) in [7, 11) is 0. The zero-order valence-corrected chi connectivity index (χ0v) is 13.2. The third-order valence-corrected chi connectivity index (χ3v) is 3.92. The predicted molar refractivity (Wildman–Crippen MR) is 91.7 cm³/mol. The van der Waals surface area contributed by atoms with Crippen LogP contribution in [0.25, 0.3) is 0 Å². The molecular formula is C18H21N3O2. The molecule has 23 heavy (non-hydrogen) atoms. The number of aryl methyl sites for hydroxylation is 1. The van der Waals surface area contributed by atoms with Crippen LogP contribution < -0.4 is 10.6 Å². The number of nitrogens with zero attached hydrogens (tertiary/aromatic N) is 1. The Morgan fingerprint density at radius 1 is 1.43 bits per heavy atom. The van der Waals surface area contributed by atoms with Gasteiger partial charge >= 0.3 is 0 Å². The van der Waals surface area contributed by atoms with E-state index in [1.54, 1.807) is 18.2 Å². The van der Waals surface area contributed by atoms with Crippen LogP contribution in [-0.2, 0) is 4.79 Å². The van der Waals surface area contributed by atoms with Crippen molar-refractivity contribution >= 4 is 17.4 Å². The van der Waals surface area contributed by atoms with Crippen LogP contribution in [0.5, 0.6) is 0 Å². The minimum absolute atomic E-state index is 0.172. The summed E-state index contributed by atoms with van der Waals surface area (Å²) in [6, 6.07) is 5.91. The van der Waals surface area contributed by atoms with E-state index in [9.17, 15) is 9.90 Å². The van der Waals surface area contributed by atoms with Crippen molar-refractivity contribution in [3.63, 3.8) is 0 Å². The lowest BCUT2D eigenvalue weighted by Gasteiger charge is -2.19. The lowest BCUT2D eigenvalue weighted by atomic mass is 10.0. The number of aliphatic hydroxyl groups excluding tert-OH is 1. The molecule has 0 aromatic heterocycles. The Morgan fingerprint density at radius 2 is 2.30 bits per heavy atom. The normalized spacial score (nSPS) is 20.3. The van der Waals surface area contributed by atoms with E-state index < -0.39 is 6.10 Å². The maximum absolute atomic E-state index is 12.4. The maximum atomic E-state index is 12.4. The number of amidine groups is 1. The molecule has 1 aliphatic carbocycles. The number of aliphatic imine (C=N–C) groups is 1. The molecule has 5 nitrogen and oxygen atoms in total. The van der Waals surface area contributed by atoms with Crippen molar-refractivity contribution in [2.75, 3.05) is 18.4 Å². The van der Waals surface area contributed by atoms with Gasteiger partial charge in [0.1, 0.15) is 5.84 Å². The summed E-state index contributed by atoms with van der Waals surface area (Å²) in [5.41, 5.74) is 3.35. The first-order chi connectivity index (χ1) is 11.1. The summed E-state index contributed by atoms with van der Waals surface area (Å²) in [6.45, 7) is 3.72. The van der Waals surface area contributed by atoms with Crippen LogP contribution in [0.1, 0.15) is 24.0 Å². The van der Waals surface area contributed by atoms with Gasteiger partial charge in [-0.05, 0) is 31.9 Å². The second-order valence-electron chi connectivity index (χ2n) is 5.84. The minimum Gasteiger partial charge on any atom is -0.389 e. The van der Waals surface area contributed by atoms with Gasteiger partial charge in [-0.3, -0.25) is 9.79 Å². The van der Waals surface area contributed by atoms with Gasteiger partial charge in [0.25, 0.3) is 5.91 Å². The van der Waals surface area contributed by atoms with Crippen LogP contribution >= 0.6 is 0 Å². The number of amides is 1. The molecule has 3 N–H and O–H groups in total. The van der Waals surface area contributed by atoms with Crippen molar-refractivity contribution in [3.8, 4) is 0 Å². The average Bonchev–Trinajstić information content (AvgIpc) is 2.58. The highest BCUT2D eigenvalue weighted by atomic mass is 16.3. The Labute approximate surface area is 135 Å². The number of rotatable bonds is 3. The van der Waals surface area contributed by atoms with Gasteiger partial charge in [-0.25, -0.2) is 0 Å². The van der Waals surface area contributed by atoms with E-state index >= 15 is 0 Å². The molecule has 0 fully saturated rings. The van der Waals surface area contributed by atoms with Gasteiger partial charge < -0.3 is 15.7 Å². The highest BCUT2D eigenvalue weighted by molar-refractivity contribution is 6.11. The summed E-state index contributed by atoms with van der Waals surface area (Å²) < 4.78 is 0. The molecule has 0 radical (unpaired) electrons. The second kappa shape index (κ2) is 6.79. The molecule has 1 amide bonds. The Morgan fingerprint density at radius 3 is 3.00 bits per heavy atom. The van der Waals surface area contributed by atoms with Crippen LogP contribution in [-0.4, -0.2) is 36.0 Å². The third kappa shape index (κ3) is 3.68. The molecule has 3 rings (SSSR count). The van der Waals surface area contributed by atoms with Crippen molar-refractivity contribution in [2.24, 2.45) is 4.99 Å². The number of hydrogen-bond acceptors (Lipinski definition) is 4. The van der Waals surface area contributed by atoms with Crippen molar-refractivity contribution < 1.29 is 9.90 Å². The lowest BCUT2D eigenvalue weighted by Crippen LogP contribution is -2.31. The average molecular weight is 311 g/mol. The number of carbonyl (C=O) groups excluding carboxylic acids is 1. The van der Waals surface area contributed by atoms with Crippen molar-refractivity contribution in [1.82, 2.24) is 5.32 Å². The first-order valence-electron chi connectivity index (χ1n) is 7.90. The van der Waals surface area contributed by atoms with Gasteiger partial charge in [0, 0.05) is 24.2 Å². The topological polar surface area (TPSA) is 73.7 Å². The Bertz CT molecular complexity index is 704. The molecule has 1 unspecified atom stereocenters. The van der Waals surface area contributed by atoms with Crippen LogP contribution in [0.4, 0.5) is 5.69 Å². The van der Waals surface area contributed by atoms with E-state index in [0.717, 1.165) is 42.2 Å². The smallest absolute Gasteiger partial charge is 0.255 e. The van der Waals surface area contributed by atoms with E-state index in [1.807, 2.05) is 25.1 Å². The number of carbonyl (C=O) groups is 1. The second-order valence-corrected chi connectivity index (χ2v) is 5.84. The molecule has 1 aromatic carbocycles. The Balaban J connectivity index is 1.84. The molecule has 0 saturated carbocycles. The van der Waals surface area contributed by atoms with E-state index in [0.29, 0.717) is 12.0 Å². The fourth-order valence-electron chi connectivity index (χ4n) is 2.65. The van der Waals surface area contributed by atoms with Crippen molar-refractivity contribution in [3.05, 3.63) is 53.1 Å². The largest absolute Gasteiger partial charge is 0.389 e. The van der Waals surface area contributed by atoms with E-state index in [-0.39, 0.29) is 5.91 Å².